The number of likely N-dealkylation sites (tertiary alicyclic amines) is 1. The summed E-state index contributed by atoms with van der Waals surface area (Å²) in [5, 5.41) is 17.5. The maximum Gasteiger partial charge on any atom is 0.255 e. The molecule has 0 bridgehead atoms. The van der Waals surface area contributed by atoms with Gasteiger partial charge in [0.1, 0.15) is 0 Å². The molecule has 2 rings (SSSR count). The fraction of sp³-hybridized carbons (Fsp3) is 0.778. The van der Waals surface area contributed by atoms with Crippen LogP contribution in [0.2, 0.25) is 0 Å². The molecule has 24 heavy (non-hydrogen) atoms. The van der Waals surface area contributed by atoms with Gasteiger partial charge in [-0.25, -0.2) is 0 Å². The Kier molecular flexibility index (Phi) is 6.80. The van der Waals surface area contributed by atoms with Crippen molar-refractivity contribution in [2.75, 3.05) is 26.2 Å². The average Bonchev–Trinajstić information content (AvgIpc) is 2.82. The third-order valence-corrected chi connectivity index (χ3v) is 4.89. The van der Waals surface area contributed by atoms with E-state index in [1.54, 1.807) is 0 Å². The Morgan fingerprint density at radius 2 is 2.04 bits per heavy atom. The van der Waals surface area contributed by atoms with Crippen LogP contribution in [0, 0.1) is 19.8 Å². The van der Waals surface area contributed by atoms with Crippen LogP contribution in [0.5, 0.6) is 0 Å². The van der Waals surface area contributed by atoms with E-state index in [0.29, 0.717) is 12.1 Å². The third kappa shape index (κ3) is 4.80. The molecule has 1 unspecified atom stereocenters. The zero-order chi connectivity index (χ0) is 17.7. The molecule has 0 aromatic carbocycles. The van der Waals surface area contributed by atoms with Crippen molar-refractivity contribution in [1.82, 2.24) is 20.0 Å². The lowest BCUT2D eigenvalue weighted by molar-refractivity contribution is 0.0794. The summed E-state index contributed by atoms with van der Waals surface area (Å²) < 4.78 is 1.88. The SMILES string of the molecule is CCCn1nc(C)c(C(=O)NCC(O)CN2CCC(C)CC2)c1C. The zero-order valence-electron chi connectivity index (χ0n) is 15.5. The van der Waals surface area contributed by atoms with Crippen molar-refractivity contribution < 1.29 is 9.90 Å². The molecule has 1 saturated heterocycles. The lowest BCUT2D eigenvalue weighted by Crippen LogP contribution is -2.43. The fourth-order valence-corrected chi connectivity index (χ4v) is 3.36. The van der Waals surface area contributed by atoms with Gasteiger partial charge in [-0.2, -0.15) is 5.10 Å². The van der Waals surface area contributed by atoms with E-state index in [4.69, 9.17) is 0 Å². The molecule has 1 atom stereocenters. The van der Waals surface area contributed by atoms with Crippen LogP contribution in [0.3, 0.4) is 0 Å². The molecule has 136 valence electrons. The summed E-state index contributed by atoms with van der Waals surface area (Å²) in [6.07, 6.45) is 2.83. The highest BCUT2D eigenvalue weighted by atomic mass is 16.3. The van der Waals surface area contributed by atoms with Crippen molar-refractivity contribution in [3.8, 4) is 0 Å². The number of nitrogens with one attached hydrogen (secondary N) is 1. The summed E-state index contributed by atoms with van der Waals surface area (Å²) in [6, 6.07) is 0. The number of amides is 1. The molecule has 1 aliphatic rings. The van der Waals surface area contributed by atoms with Crippen LogP contribution in [0.15, 0.2) is 0 Å². The van der Waals surface area contributed by atoms with E-state index >= 15 is 0 Å². The minimum atomic E-state index is -0.534. The van der Waals surface area contributed by atoms with Gasteiger partial charge in [0.15, 0.2) is 0 Å². The number of nitrogens with zero attached hydrogens (tertiary/aromatic N) is 3. The lowest BCUT2D eigenvalue weighted by Gasteiger charge is -2.31. The van der Waals surface area contributed by atoms with Crippen LogP contribution in [-0.4, -0.2) is 58.0 Å². The molecule has 1 amide bonds. The van der Waals surface area contributed by atoms with Gasteiger partial charge in [0.25, 0.3) is 5.91 Å². The van der Waals surface area contributed by atoms with Crippen LogP contribution >= 0.6 is 0 Å². The van der Waals surface area contributed by atoms with Gasteiger partial charge < -0.3 is 15.3 Å². The largest absolute Gasteiger partial charge is 0.390 e. The number of piperidine rings is 1. The second-order valence-electron chi connectivity index (χ2n) is 7.12. The normalized spacial score (nSPS) is 17.9. The molecule has 0 aliphatic carbocycles. The van der Waals surface area contributed by atoms with Gasteiger partial charge in [-0.05, 0) is 52.1 Å². The number of carbonyl (C=O) groups excluding carboxylic acids is 1. The second kappa shape index (κ2) is 8.62. The van der Waals surface area contributed by atoms with E-state index in [9.17, 15) is 9.90 Å². The van der Waals surface area contributed by atoms with Crippen molar-refractivity contribution >= 4 is 5.91 Å². The van der Waals surface area contributed by atoms with Gasteiger partial charge in [0.2, 0.25) is 0 Å². The Labute approximate surface area is 145 Å². The molecule has 2 N–H and O–H groups in total. The zero-order valence-corrected chi connectivity index (χ0v) is 15.5. The number of hydrogen-bond donors (Lipinski definition) is 2. The number of rotatable bonds is 7. The van der Waals surface area contributed by atoms with Crippen molar-refractivity contribution in [3.05, 3.63) is 17.0 Å². The maximum absolute atomic E-state index is 12.5. The Balaban J connectivity index is 1.84. The van der Waals surface area contributed by atoms with Crippen LogP contribution in [-0.2, 0) is 6.54 Å². The Hall–Kier alpha value is -1.40. The average molecular weight is 336 g/mol. The predicted octanol–water partition coefficient (Wildman–Crippen LogP) is 1.73. The Bertz CT molecular complexity index is 547. The summed E-state index contributed by atoms with van der Waals surface area (Å²) >= 11 is 0. The Morgan fingerprint density at radius 1 is 1.38 bits per heavy atom. The first kappa shape index (κ1) is 18.9. The van der Waals surface area contributed by atoms with E-state index in [-0.39, 0.29) is 12.5 Å². The summed E-state index contributed by atoms with van der Waals surface area (Å²) in [7, 11) is 0. The van der Waals surface area contributed by atoms with Crippen molar-refractivity contribution in [3.63, 3.8) is 0 Å². The van der Waals surface area contributed by atoms with Gasteiger partial charge in [0.05, 0.1) is 17.4 Å². The molecule has 0 spiro atoms. The smallest absolute Gasteiger partial charge is 0.255 e. The Morgan fingerprint density at radius 3 is 2.67 bits per heavy atom. The highest BCUT2D eigenvalue weighted by molar-refractivity contribution is 5.96. The maximum atomic E-state index is 12.5. The molecular weight excluding hydrogens is 304 g/mol. The molecule has 6 nitrogen and oxygen atoms in total. The molecule has 0 radical (unpaired) electrons. The van der Waals surface area contributed by atoms with Crippen molar-refractivity contribution in [1.29, 1.82) is 0 Å². The van der Waals surface area contributed by atoms with Crippen molar-refractivity contribution in [2.24, 2.45) is 5.92 Å². The van der Waals surface area contributed by atoms with Crippen molar-refractivity contribution in [2.45, 2.75) is 59.6 Å². The quantitative estimate of drug-likeness (QED) is 0.796. The van der Waals surface area contributed by atoms with Crippen LogP contribution < -0.4 is 5.32 Å². The topological polar surface area (TPSA) is 70.4 Å². The van der Waals surface area contributed by atoms with Crippen LogP contribution in [0.4, 0.5) is 0 Å². The number of aliphatic hydroxyl groups is 1. The summed E-state index contributed by atoms with van der Waals surface area (Å²) in [5.74, 6) is 0.641. The van der Waals surface area contributed by atoms with Gasteiger partial charge >= 0.3 is 0 Å². The second-order valence-corrected chi connectivity index (χ2v) is 7.12. The fourth-order valence-electron chi connectivity index (χ4n) is 3.36. The summed E-state index contributed by atoms with van der Waals surface area (Å²) in [6.45, 7) is 11.9. The number of carbonyl (C=O) groups is 1. The number of aromatic nitrogens is 2. The minimum Gasteiger partial charge on any atom is -0.390 e. The summed E-state index contributed by atoms with van der Waals surface area (Å²) in [4.78, 5) is 14.7. The predicted molar refractivity (Wildman–Crippen MR) is 95.2 cm³/mol. The number of hydrogen-bond acceptors (Lipinski definition) is 4. The molecule has 6 heteroatoms. The number of β-amino-alcohol motifs (C(OH)–C–C–N with tert-alkyl or cyclic N) is 1. The van der Waals surface area contributed by atoms with Gasteiger partial charge in [0, 0.05) is 25.3 Å². The van der Waals surface area contributed by atoms with E-state index in [2.05, 4.69) is 29.2 Å². The first-order valence-corrected chi connectivity index (χ1v) is 9.15. The minimum absolute atomic E-state index is 0.140. The van der Waals surface area contributed by atoms with E-state index < -0.39 is 6.10 Å². The van der Waals surface area contributed by atoms with Crippen LogP contribution in [0.1, 0.15) is 54.9 Å². The monoisotopic (exact) mass is 336 g/mol. The molecule has 0 saturated carbocycles. The van der Waals surface area contributed by atoms with E-state index in [1.807, 2.05) is 18.5 Å². The first-order valence-electron chi connectivity index (χ1n) is 9.15. The first-order chi connectivity index (χ1) is 11.4. The third-order valence-electron chi connectivity index (χ3n) is 4.89. The molecule has 1 aliphatic heterocycles. The van der Waals surface area contributed by atoms with Crippen LogP contribution in [0.25, 0.3) is 0 Å². The molecule has 2 heterocycles. The lowest BCUT2D eigenvalue weighted by atomic mass is 9.99. The van der Waals surface area contributed by atoms with E-state index in [1.165, 1.54) is 12.8 Å². The molecule has 1 aromatic heterocycles. The molecular formula is C18H32N4O2. The van der Waals surface area contributed by atoms with Gasteiger partial charge in [-0.3, -0.25) is 9.48 Å². The number of aliphatic hydroxyl groups excluding tert-OH is 1. The summed E-state index contributed by atoms with van der Waals surface area (Å²) in [5.41, 5.74) is 2.28. The highest BCUT2D eigenvalue weighted by Gasteiger charge is 2.21. The van der Waals surface area contributed by atoms with Gasteiger partial charge in [-0.1, -0.05) is 13.8 Å². The number of aryl methyl sites for hydroxylation is 2. The standard InChI is InChI=1S/C18H32N4O2/c1-5-8-22-15(4)17(14(3)20-22)18(24)19-11-16(23)12-21-9-6-13(2)7-10-21/h13,16,23H,5-12H2,1-4H3,(H,19,24). The molecule has 1 fully saturated rings. The van der Waals surface area contributed by atoms with Gasteiger partial charge in [-0.15, -0.1) is 0 Å². The highest BCUT2D eigenvalue weighted by Crippen LogP contribution is 2.16. The molecule has 1 aromatic rings. The van der Waals surface area contributed by atoms with E-state index in [0.717, 1.165) is 43.4 Å².